The zero-order valence-corrected chi connectivity index (χ0v) is 34.7. The van der Waals surface area contributed by atoms with Crippen molar-refractivity contribution in [3.05, 3.63) is 105 Å². The fourth-order valence-electron chi connectivity index (χ4n) is 5.42. The number of sulfone groups is 1. The van der Waals surface area contributed by atoms with Crippen LogP contribution in [-0.4, -0.2) is 76.5 Å². The van der Waals surface area contributed by atoms with Gasteiger partial charge in [-0.1, -0.05) is 56.0 Å². The van der Waals surface area contributed by atoms with Crippen LogP contribution in [0.2, 0.25) is 25.7 Å². The predicted octanol–water partition coefficient (Wildman–Crippen LogP) is 6.52. The van der Waals surface area contributed by atoms with Crippen molar-refractivity contribution in [1.82, 2.24) is 24.5 Å². The SMILES string of the molecule is COc1ccc(CN(Cc2ccc(OC)cc2)S(=O)(=O)c2c(S(=O)(=O)CC[Si](C)(C)C)ccc(I)c2-c2nnnn2Cc2ccc(OC)cc2)cc1. The van der Waals surface area contributed by atoms with E-state index in [4.69, 9.17) is 14.2 Å². The summed E-state index contributed by atoms with van der Waals surface area (Å²) in [6.45, 7) is 6.31. The summed E-state index contributed by atoms with van der Waals surface area (Å²) in [7, 11) is -5.87. The van der Waals surface area contributed by atoms with Crippen molar-refractivity contribution in [1.29, 1.82) is 0 Å². The second kappa shape index (κ2) is 16.4. The second-order valence-electron chi connectivity index (χ2n) is 13.4. The van der Waals surface area contributed by atoms with Crippen LogP contribution in [0, 0.1) is 3.57 Å². The summed E-state index contributed by atoms with van der Waals surface area (Å²) < 4.78 is 78.6. The molecule has 0 spiro atoms. The van der Waals surface area contributed by atoms with Crippen LogP contribution in [0.3, 0.4) is 0 Å². The number of nitrogens with zero attached hydrogens (tertiary/aromatic N) is 5. The molecule has 5 rings (SSSR count). The largest absolute Gasteiger partial charge is 0.497 e. The Balaban J connectivity index is 1.73. The van der Waals surface area contributed by atoms with Gasteiger partial charge in [0.1, 0.15) is 22.1 Å². The fraction of sp³-hybridized carbons (Fsp3) is 0.306. The predicted molar refractivity (Wildman–Crippen MR) is 211 cm³/mol. The third-order valence-electron chi connectivity index (χ3n) is 8.41. The van der Waals surface area contributed by atoms with E-state index in [0.717, 1.165) is 5.56 Å². The number of hydrogen-bond donors (Lipinski definition) is 0. The molecule has 276 valence electrons. The third kappa shape index (κ3) is 9.38. The average Bonchev–Trinajstić information content (AvgIpc) is 3.58. The summed E-state index contributed by atoms with van der Waals surface area (Å²) in [5.41, 5.74) is 2.30. The molecule has 16 heteroatoms. The van der Waals surface area contributed by atoms with Crippen molar-refractivity contribution in [3.8, 4) is 28.6 Å². The van der Waals surface area contributed by atoms with E-state index in [9.17, 15) is 8.42 Å². The van der Waals surface area contributed by atoms with Crippen LogP contribution in [0.4, 0.5) is 0 Å². The molecule has 0 radical (unpaired) electrons. The first-order valence-electron chi connectivity index (χ1n) is 16.4. The van der Waals surface area contributed by atoms with E-state index in [1.165, 1.54) is 15.1 Å². The zero-order valence-electron chi connectivity index (χ0n) is 29.9. The zero-order chi connectivity index (χ0) is 37.7. The Labute approximate surface area is 320 Å². The van der Waals surface area contributed by atoms with Gasteiger partial charge in [-0.2, -0.15) is 4.31 Å². The van der Waals surface area contributed by atoms with E-state index < -0.39 is 27.9 Å². The van der Waals surface area contributed by atoms with Gasteiger partial charge in [0.15, 0.2) is 15.7 Å². The second-order valence-corrected chi connectivity index (χ2v) is 24.1. The number of hydrogen-bond acceptors (Lipinski definition) is 10. The molecule has 12 nitrogen and oxygen atoms in total. The summed E-state index contributed by atoms with van der Waals surface area (Å²) in [4.78, 5) is -0.641. The van der Waals surface area contributed by atoms with Gasteiger partial charge in [0.25, 0.3) is 0 Å². The van der Waals surface area contributed by atoms with Gasteiger partial charge in [-0.3, -0.25) is 0 Å². The molecule has 0 aliphatic rings. The van der Waals surface area contributed by atoms with Crippen LogP contribution >= 0.6 is 22.6 Å². The number of tetrazole rings is 1. The number of ether oxygens (including phenoxy) is 3. The Morgan fingerprint density at radius 1 is 0.712 bits per heavy atom. The highest BCUT2D eigenvalue weighted by Crippen LogP contribution is 2.39. The number of halogens is 1. The molecule has 0 N–H and O–H groups in total. The number of sulfonamides is 1. The fourth-order valence-corrected chi connectivity index (χ4v) is 13.1. The van der Waals surface area contributed by atoms with Gasteiger partial charge in [0.2, 0.25) is 10.0 Å². The summed E-state index contributed by atoms with van der Waals surface area (Å²) in [5, 5.41) is 12.4. The number of methoxy groups -OCH3 is 3. The van der Waals surface area contributed by atoms with Gasteiger partial charge < -0.3 is 14.2 Å². The summed E-state index contributed by atoms with van der Waals surface area (Å²) in [5.74, 6) is 1.84. The molecule has 0 fully saturated rings. The molecule has 4 aromatic carbocycles. The normalized spacial score (nSPS) is 12.2. The Morgan fingerprint density at radius 3 is 1.65 bits per heavy atom. The molecule has 52 heavy (non-hydrogen) atoms. The number of rotatable bonds is 16. The maximum absolute atomic E-state index is 15.4. The van der Waals surface area contributed by atoms with E-state index in [0.29, 0.717) is 38.0 Å². The maximum Gasteiger partial charge on any atom is 0.245 e. The lowest BCUT2D eigenvalue weighted by molar-refractivity contribution is 0.396. The average molecular weight is 876 g/mol. The lowest BCUT2D eigenvalue weighted by Crippen LogP contribution is -2.33. The van der Waals surface area contributed by atoms with Crippen LogP contribution in [0.25, 0.3) is 11.4 Å². The van der Waals surface area contributed by atoms with Gasteiger partial charge >= 0.3 is 0 Å². The van der Waals surface area contributed by atoms with Crippen molar-refractivity contribution >= 4 is 50.5 Å². The molecule has 0 aliphatic heterocycles. The standard InChI is InChI=1S/C36H42IN5O7S2Si/c1-47-29-13-7-26(8-14-29)23-41(24-27-9-15-30(48-2)16-10-27)51(45,46)35-33(50(43,44)21-22-52(4,5)6)20-19-32(37)34(35)36-38-39-40-42(36)25-28-11-17-31(49-3)18-12-28/h7-20H,21-25H2,1-6H3. The molecule has 5 aromatic rings. The molecular weight excluding hydrogens is 834 g/mol. The Hall–Kier alpha value is -3.84. The van der Waals surface area contributed by atoms with Crippen molar-refractivity contribution in [2.24, 2.45) is 0 Å². The van der Waals surface area contributed by atoms with Crippen molar-refractivity contribution in [2.75, 3.05) is 27.1 Å². The van der Waals surface area contributed by atoms with Crippen LogP contribution in [0.1, 0.15) is 16.7 Å². The first-order chi connectivity index (χ1) is 24.6. The molecule has 0 unspecified atom stereocenters. The molecule has 0 aliphatic carbocycles. The Morgan fingerprint density at radius 2 is 1.19 bits per heavy atom. The van der Waals surface area contributed by atoms with Crippen LogP contribution in [-0.2, 0) is 39.5 Å². The van der Waals surface area contributed by atoms with Gasteiger partial charge in [-0.05, 0) is 104 Å². The lowest BCUT2D eigenvalue weighted by atomic mass is 10.2. The van der Waals surface area contributed by atoms with Crippen molar-refractivity contribution in [2.45, 2.75) is 55.1 Å². The highest BCUT2D eigenvalue weighted by Gasteiger charge is 2.38. The van der Waals surface area contributed by atoms with Crippen LogP contribution in [0.15, 0.2) is 94.7 Å². The topological polar surface area (TPSA) is 143 Å². The summed E-state index contributed by atoms with van der Waals surface area (Å²) in [6.07, 6.45) is 0. The Kier molecular flexibility index (Phi) is 12.5. The van der Waals surface area contributed by atoms with E-state index in [-0.39, 0.29) is 46.6 Å². The number of aromatic nitrogens is 4. The van der Waals surface area contributed by atoms with E-state index in [1.54, 1.807) is 88.1 Å². The summed E-state index contributed by atoms with van der Waals surface area (Å²) >= 11 is 2.03. The lowest BCUT2D eigenvalue weighted by Gasteiger charge is -2.26. The minimum absolute atomic E-state index is 0.0611. The monoisotopic (exact) mass is 875 g/mol. The first kappa shape index (κ1) is 39.4. The van der Waals surface area contributed by atoms with Crippen LogP contribution < -0.4 is 14.2 Å². The minimum Gasteiger partial charge on any atom is -0.497 e. The highest BCUT2D eigenvalue weighted by molar-refractivity contribution is 14.1. The van der Waals surface area contributed by atoms with E-state index >= 15 is 8.42 Å². The molecule has 0 bridgehead atoms. The molecule has 0 atom stereocenters. The van der Waals surface area contributed by atoms with Gasteiger partial charge in [0, 0.05) is 24.7 Å². The maximum atomic E-state index is 15.4. The van der Waals surface area contributed by atoms with Gasteiger partial charge in [-0.15, -0.1) is 5.10 Å². The summed E-state index contributed by atoms with van der Waals surface area (Å²) in [6, 6.07) is 24.9. The smallest absolute Gasteiger partial charge is 0.245 e. The molecule has 1 heterocycles. The molecule has 0 saturated heterocycles. The third-order valence-corrected chi connectivity index (χ3v) is 15.2. The molecule has 0 saturated carbocycles. The first-order valence-corrected chi connectivity index (χ1v) is 24.2. The Bertz CT molecular complexity index is 2160. The van der Waals surface area contributed by atoms with Gasteiger partial charge in [-0.25, -0.2) is 21.5 Å². The quantitative estimate of drug-likeness (QED) is 0.0795. The van der Waals surface area contributed by atoms with Crippen molar-refractivity contribution in [3.63, 3.8) is 0 Å². The van der Waals surface area contributed by atoms with E-state index in [2.05, 4.69) is 35.2 Å². The van der Waals surface area contributed by atoms with Crippen LogP contribution in [0.5, 0.6) is 17.2 Å². The highest BCUT2D eigenvalue weighted by atomic mass is 127. The van der Waals surface area contributed by atoms with Crippen molar-refractivity contribution < 1.29 is 31.0 Å². The number of benzene rings is 4. The van der Waals surface area contributed by atoms with E-state index in [1.807, 2.05) is 34.7 Å². The van der Waals surface area contributed by atoms with Gasteiger partial charge in [0.05, 0.1) is 44.1 Å². The molecular formula is C36H42IN5O7S2Si. The molecule has 0 amide bonds. The molecule has 1 aromatic heterocycles. The minimum atomic E-state index is -4.60.